The third-order valence-electron chi connectivity index (χ3n) is 4.85. The fourth-order valence-corrected chi connectivity index (χ4v) is 3.39. The van der Waals surface area contributed by atoms with Crippen LogP contribution in [-0.4, -0.2) is 50.8 Å². The zero-order valence-corrected chi connectivity index (χ0v) is 17.1. The summed E-state index contributed by atoms with van der Waals surface area (Å²) in [6, 6.07) is 4.86. The molecule has 6 nitrogen and oxygen atoms in total. The van der Waals surface area contributed by atoms with Crippen LogP contribution in [-0.2, 0) is 25.2 Å². The average Bonchev–Trinajstić information content (AvgIpc) is 2.72. The van der Waals surface area contributed by atoms with Gasteiger partial charge in [-0.2, -0.15) is 13.2 Å². The first-order chi connectivity index (χ1) is 14.3. The Kier molecular flexibility index (Phi) is 9.13. The van der Waals surface area contributed by atoms with Gasteiger partial charge in [-0.1, -0.05) is 12.1 Å². The molecule has 0 saturated carbocycles. The smallest absolute Gasteiger partial charge is 0.416 e. The summed E-state index contributed by atoms with van der Waals surface area (Å²) in [6.07, 6.45) is -2.59. The molecule has 1 aliphatic heterocycles. The van der Waals surface area contributed by atoms with Crippen LogP contribution in [0.3, 0.4) is 0 Å². The number of nitrogens with one attached hydrogen (secondary N) is 1. The molecule has 0 fully saturated rings. The molecule has 30 heavy (non-hydrogen) atoms. The second-order valence-electron chi connectivity index (χ2n) is 6.90. The summed E-state index contributed by atoms with van der Waals surface area (Å²) >= 11 is 0. The van der Waals surface area contributed by atoms with E-state index in [-0.39, 0.29) is 24.8 Å². The van der Waals surface area contributed by atoms with Gasteiger partial charge in [-0.25, -0.2) is 0 Å². The molecule has 3 atom stereocenters. The van der Waals surface area contributed by atoms with Crippen LogP contribution in [0.5, 0.6) is 0 Å². The average molecular weight is 431 g/mol. The van der Waals surface area contributed by atoms with E-state index in [4.69, 9.17) is 14.2 Å². The minimum atomic E-state index is -4.43. The molecular weight excluding hydrogens is 403 g/mol. The van der Waals surface area contributed by atoms with Gasteiger partial charge in [0, 0.05) is 38.7 Å². The maximum atomic E-state index is 12.9. The monoisotopic (exact) mass is 431 g/mol. The number of hydrogen-bond donors (Lipinski definition) is 2. The highest BCUT2D eigenvalue weighted by Crippen LogP contribution is 2.40. The van der Waals surface area contributed by atoms with Crippen LogP contribution >= 0.6 is 0 Å². The first-order valence-electron chi connectivity index (χ1n) is 9.87. The quantitative estimate of drug-likeness (QED) is 0.557. The summed E-state index contributed by atoms with van der Waals surface area (Å²) in [7, 11) is 1.51. The lowest BCUT2D eigenvalue weighted by atomic mass is 9.80. The van der Waals surface area contributed by atoms with E-state index in [1.165, 1.54) is 19.2 Å². The van der Waals surface area contributed by atoms with Crippen LogP contribution in [0, 0.1) is 5.92 Å². The van der Waals surface area contributed by atoms with Crippen molar-refractivity contribution in [3.8, 4) is 0 Å². The van der Waals surface area contributed by atoms with Gasteiger partial charge in [-0.05, 0) is 43.5 Å². The largest absolute Gasteiger partial charge is 0.459 e. The SMILES string of the molecule is CCO[C@H]1OC(C(=O)NCCOC)=C[C@@H](c2ccc(C(F)(F)F)cc2)[C@H]1CCCO. The third-order valence-corrected chi connectivity index (χ3v) is 4.85. The zero-order valence-electron chi connectivity index (χ0n) is 17.1. The first-order valence-corrected chi connectivity index (χ1v) is 9.87. The summed E-state index contributed by atoms with van der Waals surface area (Å²) in [5.74, 6) is -1.08. The molecule has 0 radical (unpaired) electrons. The fourth-order valence-electron chi connectivity index (χ4n) is 3.39. The molecule has 1 amide bonds. The molecule has 0 spiro atoms. The molecule has 2 N–H and O–H groups in total. The summed E-state index contributed by atoms with van der Waals surface area (Å²) in [4.78, 5) is 12.5. The number of amides is 1. The Labute approximate surface area is 174 Å². The van der Waals surface area contributed by atoms with E-state index < -0.39 is 29.9 Å². The molecule has 2 rings (SSSR count). The van der Waals surface area contributed by atoms with E-state index in [0.717, 1.165) is 12.1 Å². The maximum absolute atomic E-state index is 12.9. The number of carbonyl (C=O) groups is 1. The summed E-state index contributed by atoms with van der Waals surface area (Å²) < 4.78 is 55.2. The Morgan fingerprint density at radius 2 is 1.97 bits per heavy atom. The van der Waals surface area contributed by atoms with Crippen LogP contribution < -0.4 is 5.32 Å². The predicted molar refractivity (Wildman–Crippen MR) is 103 cm³/mol. The van der Waals surface area contributed by atoms with Gasteiger partial charge >= 0.3 is 6.18 Å². The lowest BCUT2D eigenvalue weighted by Gasteiger charge is -2.37. The fraction of sp³-hybridized carbons (Fsp3) is 0.571. The van der Waals surface area contributed by atoms with E-state index in [2.05, 4.69) is 5.32 Å². The van der Waals surface area contributed by atoms with Gasteiger partial charge in [0.05, 0.1) is 12.2 Å². The van der Waals surface area contributed by atoms with Gasteiger partial charge in [0.2, 0.25) is 6.29 Å². The van der Waals surface area contributed by atoms with Crippen LogP contribution in [0.25, 0.3) is 0 Å². The third kappa shape index (κ3) is 6.45. The number of benzene rings is 1. The molecule has 9 heteroatoms. The number of rotatable bonds is 10. The molecule has 0 aliphatic carbocycles. The lowest BCUT2D eigenvalue weighted by Crippen LogP contribution is -2.39. The highest BCUT2D eigenvalue weighted by molar-refractivity contribution is 5.91. The van der Waals surface area contributed by atoms with Gasteiger partial charge in [0.15, 0.2) is 5.76 Å². The molecule has 1 heterocycles. The molecular formula is C21H28F3NO5. The van der Waals surface area contributed by atoms with Crippen molar-refractivity contribution in [1.82, 2.24) is 5.32 Å². The Morgan fingerprint density at radius 3 is 2.53 bits per heavy atom. The molecule has 168 valence electrons. The Bertz CT molecular complexity index is 706. The van der Waals surface area contributed by atoms with Gasteiger partial charge < -0.3 is 24.6 Å². The number of ether oxygens (including phenoxy) is 3. The molecule has 0 saturated heterocycles. The maximum Gasteiger partial charge on any atom is 0.416 e. The minimum absolute atomic E-state index is 0.0385. The molecule has 0 unspecified atom stereocenters. The van der Waals surface area contributed by atoms with E-state index in [9.17, 15) is 23.1 Å². The van der Waals surface area contributed by atoms with Crippen molar-refractivity contribution in [2.24, 2.45) is 5.92 Å². The van der Waals surface area contributed by atoms with E-state index in [1.807, 2.05) is 0 Å². The number of methoxy groups -OCH3 is 1. The number of aliphatic hydroxyl groups is 1. The standard InChI is InChI=1S/C21H28F3NO5/c1-3-29-20-16(5-4-11-26)17(13-18(30-20)19(27)25-10-12-28-2)14-6-8-15(9-7-14)21(22,23)24/h6-9,13,16-17,20,26H,3-5,10-12H2,1-2H3,(H,25,27)/t16-,17+,20+/m1/s1. The Hall–Kier alpha value is -2.10. The number of alkyl halides is 3. The summed E-state index contributed by atoms with van der Waals surface area (Å²) in [5, 5.41) is 11.9. The van der Waals surface area contributed by atoms with E-state index in [1.54, 1.807) is 13.0 Å². The van der Waals surface area contributed by atoms with Gasteiger partial charge in [-0.15, -0.1) is 0 Å². The molecule has 0 bridgehead atoms. The summed E-state index contributed by atoms with van der Waals surface area (Å²) in [6.45, 7) is 2.70. The predicted octanol–water partition coefficient (Wildman–Crippen LogP) is 3.22. The number of hydrogen-bond acceptors (Lipinski definition) is 5. The highest BCUT2D eigenvalue weighted by atomic mass is 19.4. The lowest BCUT2D eigenvalue weighted by molar-refractivity contribution is -0.166. The van der Waals surface area contributed by atoms with Gasteiger partial charge in [0.25, 0.3) is 5.91 Å². The molecule has 1 aliphatic rings. The number of carbonyl (C=O) groups excluding carboxylic acids is 1. The van der Waals surface area contributed by atoms with Crippen molar-refractivity contribution in [2.75, 3.05) is 33.5 Å². The second-order valence-corrected chi connectivity index (χ2v) is 6.90. The topological polar surface area (TPSA) is 77.0 Å². The summed E-state index contributed by atoms with van der Waals surface area (Å²) in [5.41, 5.74) is -0.130. The van der Waals surface area contributed by atoms with Crippen molar-refractivity contribution in [2.45, 2.75) is 38.1 Å². The van der Waals surface area contributed by atoms with Crippen LogP contribution in [0.2, 0.25) is 0 Å². The van der Waals surface area contributed by atoms with E-state index >= 15 is 0 Å². The second kappa shape index (κ2) is 11.3. The van der Waals surface area contributed by atoms with Crippen molar-refractivity contribution in [3.63, 3.8) is 0 Å². The zero-order chi connectivity index (χ0) is 22.1. The minimum Gasteiger partial charge on any atom is -0.459 e. The highest BCUT2D eigenvalue weighted by Gasteiger charge is 2.38. The van der Waals surface area contributed by atoms with Crippen molar-refractivity contribution < 1.29 is 37.3 Å². The van der Waals surface area contributed by atoms with Gasteiger partial charge in [0.1, 0.15) is 0 Å². The van der Waals surface area contributed by atoms with Crippen LogP contribution in [0.15, 0.2) is 36.1 Å². The van der Waals surface area contributed by atoms with E-state index in [0.29, 0.717) is 31.6 Å². The molecule has 0 aromatic heterocycles. The van der Waals surface area contributed by atoms with Crippen molar-refractivity contribution >= 4 is 5.91 Å². The van der Waals surface area contributed by atoms with Crippen molar-refractivity contribution in [3.05, 3.63) is 47.2 Å². The molecule has 1 aromatic rings. The molecule has 1 aromatic carbocycles. The van der Waals surface area contributed by atoms with Crippen molar-refractivity contribution in [1.29, 1.82) is 0 Å². The number of halogens is 3. The van der Waals surface area contributed by atoms with Crippen LogP contribution in [0.1, 0.15) is 36.8 Å². The Morgan fingerprint density at radius 1 is 1.27 bits per heavy atom. The first kappa shape index (κ1) is 24.2. The number of allylic oxidation sites excluding steroid dienone is 1. The van der Waals surface area contributed by atoms with Crippen LogP contribution in [0.4, 0.5) is 13.2 Å². The number of aliphatic hydroxyl groups excluding tert-OH is 1. The van der Waals surface area contributed by atoms with Gasteiger partial charge in [-0.3, -0.25) is 4.79 Å². The Balaban J connectivity index is 2.36. The normalized spacial score (nSPS) is 21.7.